The van der Waals surface area contributed by atoms with Gasteiger partial charge in [-0.25, -0.2) is 9.97 Å². The molecular weight excluding hydrogens is 468 g/mol. The molecule has 4 heterocycles. The van der Waals surface area contributed by atoms with Crippen molar-refractivity contribution in [1.29, 1.82) is 0 Å². The van der Waals surface area contributed by atoms with E-state index in [-0.39, 0.29) is 11.8 Å². The van der Waals surface area contributed by atoms with Crippen LogP contribution in [0, 0.1) is 5.92 Å². The third kappa shape index (κ3) is 5.62. The predicted octanol–water partition coefficient (Wildman–Crippen LogP) is 3.89. The molecule has 0 atom stereocenters. The molecule has 180 valence electrons. The lowest BCUT2D eigenvalue weighted by Crippen LogP contribution is -2.47. The number of thiazole rings is 1. The summed E-state index contributed by atoms with van der Waals surface area (Å²) in [5.74, 6) is 0.307. The van der Waals surface area contributed by atoms with Gasteiger partial charge in [-0.3, -0.25) is 9.69 Å². The summed E-state index contributed by atoms with van der Waals surface area (Å²) in [6.07, 6.45) is 4.55. The smallest absolute Gasteiger partial charge is 0.223 e. The van der Waals surface area contributed by atoms with Crippen molar-refractivity contribution in [2.24, 2.45) is 5.92 Å². The Kier molecular flexibility index (Phi) is 7.47. The number of aromatic nitrogens is 2. The fourth-order valence-electron chi connectivity index (χ4n) is 4.79. The van der Waals surface area contributed by atoms with Crippen LogP contribution in [-0.4, -0.2) is 73.1 Å². The van der Waals surface area contributed by atoms with Crippen LogP contribution in [0.4, 0.5) is 10.8 Å². The minimum Gasteiger partial charge on any atom is -0.369 e. The zero-order valence-electron chi connectivity index (χ0n) is 19.3. The Balaban J connectivity index is 0.987. The first-order chi connectivity index (χ1) is 16.7. The topological polar surface area (TPSA) is 64.6 Å². The second-order valence-corrected chi connectivity index (χ2v) is 10.4. The SMILES string of the molecule is O=C(NCCCN1CCN(c2cccc(Cl)c2)CC1)C1CCN(c2nc3cccnc3s2)CC1. The molecule has 0 unspecified atom stereocenters. The van der Waals surface area contributed by atoms with Crippen LogP contribution in [-0.2, 0) is 4.79 Å². The van der Waals surface area contributed by atoms with Gasteiger partial charge in [-0.15, -0.1) is 0 Å². The number of piperazine rings is 1. The molecule has 0 spiro atoms. The molecule has 1 amide bonds. The lowest BCUT2D eigenvalue weighted by Gasteiger charge is -2.36. The number of piperidine rings is 1. The van der Waals surface area contributed by atoms with Crippen molar-refractivity contribution in [2.75, 3.05) is 62.2 Å². The molecule has 2 aromatic heterocycles. The second kappa shape index (κ2) is 10.9. The van der Waals surface area contributed by atoms with E-state index in [0.717, 1.165) is 92.1 Å². The number of carbonyl (C=O) groups excluding carboxylic acids is 1. The lowest BCUT2D eigenvalue weighted by atomic mass is 9.96. The number of benzene rings is 1. The minimum atomic E-state index is 0.102. The van der Waals surface area contributed by atoms with Crippen LogP contribution >= 0.6 is 22.9 Å². The summed E-state index contributed by atoms with van der Waals surface area (Å²) in [7, 11) is 0. The first-order valence-corrected chi connectivity index (χ1v) is 13.3. The van der Waals surface area contributed by atoms with Gasteiger partial charge in [0.05, 0.1) is 0 Å². The van der Waals surface area contributed by atoms with Crippen molar-refractivity contribution in [3.8, 4) is 0 Å². The first-order valence-electron chi connectivity index (χ1n) is 12.1. The molecule has 0 bridgehead atoms. The number of hydrogen-bond donors (Lipinski definition) is 1. The van der Waals surface area contributed by atoms with Crippen molar-refractivity contribution in [2.45, 2.75) is 19.3 Å². The fourth-order valence-corrected chi connectivity index (χ4v) is 5.93. The zero-order chi connectivity index (χ0) is 23.3. The number of fused-ring (bicyclic) bond motifs is 1. The van der Waals surface area contributed by atoms with E-state index in [1.807, 2.05) is 36.5 Å². The molecule has 2 fully saturated rings. The molecule has 0 saturated carbocycles. The van der Waals surface area contributed by atoms with E-state index in [1.165, 1.54) is 5.69 Å². The average molecular weight is 499 g/mol. The number of rotatable bonds is 7. The van der Waals surface area contributed by atoms with Crippen molar-refractivity contribution in [3.05, 3.63) is 47.6 Å². The van der Waals surface area contributed by atoms with Gasteiger partial charge < -0.3 is 15.1 Å². The molecule has 0 aliphatic carbocycles. The zero-order valence-corrected chi connectivity index (χ0v) is 20.9. The van der Waals surface area contributed by atoms with E-state index in [9.17, 15) is 4.79 Å². The van der Waals surface area contributed by atoms with Crippen LogP contribution in [0.5, 0.6) is 0 Å². The van der Waals surface area contributed by atoms with E-state index in [1.54, 1.807) is 11.3 Å². The molecular formula is C25H31ClN6OS. The van der Waals surface area contributed by atoms with E-state index in [4.69, 9.17) is 16.6 Å². The predicted molar refractivity (Wildman–Crippen MR) is 140 cm³/mol. The van der Waals surface area contributed by atoms with Gasteiger partial charge in [0.1, 0.15) is 10.3 Å². The van der Waals surface area contributed by atoms with Crippen molar-refractivity contribution >= 4 is 50.0 Å². The number of carbonyl (C=O) groups is 1. The van der Waals surface area contributed by atoms with Gasteiger partial charge >= 0.3 is 0 Å². The Bertz CT molecular complexity index is 1070. The Morgan fingerprint density at radius 1 is 1.06 bits per heavy atom. The molecule has 2 aliphatic heterocycles. The van der Waals surface area contributed by atoms with E-state index in [0.29, 0.717) is 0 Å². The highest BCUT2D eigenvalue weighted by Crippen LogP contribution is 2.30. The largest absolute Gasteiger partial charge is 0.369 e. The summed E-state index contributed by atoms with van der Waals surface area (Å²) >= 11 is 7.76. The highest BCUT2D eigenvalue weighted by Gasteiger charge is 2.26. The van der Waals surface area contributed by atoms with Crippen LogP contribution in [0.25, 0.3) is 10.3 Å². The van der Waals surface area contributed by atoms with Crippen molar-refractivity contribution in [3.63, 3.8) is 0 Å². The maximum absolute atomic E-state index is 12.7. The minimum absolute atomic E-state index is 0.102. The number of nitrogens with one attached hydrogen (secondary N) is 1. The average Bonchev–Trinajstić information content (AvgIpc) is 3.31. The number of nitrogens with zero attached hydrogens (tertiary/aromatic N) is 5. The molecule has 34 heavy (non-hydrogen) atoms. The summed E-state index contributed by atoms with van der Waals surface area (Å²) in [6, 6.07) is 12.0. The number of amides is 1. The van der Waals surface area contributed by atoms with Crippen molar-refractivity contribution in [1.82, 2.24) is 20.2 Å². The Morgan fingerprint density at radius 3 is 2.65 bits per heavy atom. The van der Waals surface area contributed by atoms with Crippen LogP contribution in [0.15, 0.2) is 42.6 Å². The summed E-state index contributed by atoms with van der Waals surface area (Å²) in [5.41, 5.74) is 2.15. The number of pyridine rings is 1. The molecule has 7 nitrogen and oxygen atoms in total. The normalized spacial score (nSPS) is 17.9. The molecule has 2 aliphatic rings. The third-order valence-electron chi connectivity index (χ3n) is 6.79. The van der Waals surface area contributed by atoms with Gasteiger partial charge in [-0.1, -0.05) is 29.0 Å². The van der Waals surface area contributed by atoms with Gasteiger partial charge in [0.2, 0.25) is 5.91 Å². The van der Waals surface area contributed by atoms with E-state index < -0.39 is 0 Å². The Labute approximate surface area is 209 Å². The van der Waals surface area contributed by atoms with Crippen LogP contribution in [0.2, 0.25) is 5.02 Å². The molecule has 5 rings (SSSR count). The maximum Gasteiger partial charge on any atom is 0.223 e. The summed E-state index contributed by atoms with van der Waals surface area (Å²) in [6.45, 7) is 7.61. The Hall–Kier alpha value is -2.42. The van der Waals surface area contributed by atoms with Gasteiger partial charge in [0.25, 0.3) is 0 Å². The van der Waals surface area contributed by atoms with Crippen LogP contribution in [0.3, 0.4) is 0 Å². The third-order valence-corrected chi connectivity index (χ3v) is 8.06. The van der Waals surface area contributed by atoms with Gasteiger partial charge in [-0.2, -0.15) is 0 Å². The van der Waals surface area contributed by atoms with Gasteiger partial charge in [-0.05, 0) is 56.1 Å². The highest BCUT2D eigenvalue weighted by molar-refractivity contribution is 7.21. The molecule has 0 radical (unpaired) electrons. The second-order valence-electron chi connectivity index (χ2n) is 9.04. The molecule has 1 aromatic carbocycles. The molecule has 1 N–H and O–H groups in total. The number of halogens is 1. The highest BCUT2D eigenvalue weighted by atomic mass is 35.5. The summed E-state index contributed by atoms with van der Waals surface area (Å²) < 4.78 is 0. The number of hydrogen-bond acceptors (Lipinski definition) is 7. The van der Waals surface area contributed by atoms with Crippen LogP contribution in [0.1, 0.15) is 19.3 Å². The fraction of sp³-hybridized carbons (Fsp3) is 0.480. The quantitative estimate of drug-likeness (QED) is 0.498. The van der Waals surface area contributed by atoms with Crippen LogP contribution < -0.4 is 15.1 Å². The van der Waals surface area contributed by atoms with Gasteiger partial charge in [0, 0.05) is 68.6 Å². The number of anilines is 2. The van der Waals surface area contributed by atoms with E-state index in [2.05, 4.69) is 31.1 Å². The van der Waals surface area contributed by atoms with E-state index >= 15 is 0 Å². The summed E-state index contributed by atoms with van der Waals surface area (Å²) in [4.78, 5) is 29.9. The standard InChI is InChI=1S/C25H31ClN6OS/c26-20-4-1-5-21(18-20)31-16-14-30(15-17-31)11-3-10-27-23(33)19-7-12-32(13-8-19)25-29-22-6-2-9-28-24(22)34-25/h1-2,4-6,9,18-19H,3,7-8,10-17H2,(H,27,33). The maximum atomic E-state index is 12.7. The molecule has 3 aromatic rings. The Morgan fingerprint density at radius 2 is 1.88 bits per heavy atom. The lowest BCUT2D eigenvalue weighted by molar-refractivity contribution is -0.125. The monoisotopic (exact) mass is 498 g/mol. The molecule has 9 heteroatoms. The molecule has 2 saturated heterocycles. The summed E-state index contributed by atoms with van der Waals surface area (Å²) in [5, 5.41) is 4.98. The van der Waals surface area contributed by atoms with Gasteiger partial charge in [0.15, 0.2) is 5.13 Å². The first kappa shape index (κ1) is 23.3. The van der Waals surface area contributed by atoms with Crippen molar-refractivity contribution < 1.29 is 4.79 Å².